The van der Waals surface area contributed by atoms with Gasteiger partial charge in [-0.1, -0.05) is 128 Å². The van der Waals surface area contributed by atoms with Gasteiger partial charge >= 0.3 is 0 Å². The second-order valence-electron chi connectivity index (χ2n) is 12.5. The topological polar surface area (TPSA) is 0 Å². The number of rotatable bonds is 3. The van der Waals surface area contributed by atoms with Gasteiger partial charge in [-0.25, -0.2) is 0 Å². The van der Waals surface area contributed by atoms with Crippen LogP contribution in [0.4, 0.5) is 0 Å². The summed E-state index contributed by atoms with van der Waals surface area (Å²) in [4.78, 5) is 3.12. The molecule has 2 heteroatoms. The molecule has 0 aromatic rings. The Kier molecular flexibility index (Phi) is 6.61. The Bertz CT molecular complexity index is 676. The van der Waals surface area contributed by atoms with Gasteiger partial charge in [0.05, 0.1) is 0 Å². The predicted molar refractivity (Wildman–Crippen MR) is 132 cm³/mol. The second kappa shape index (κ2) is 7.73. The molecule has 0 N–H and O–H groups in total. The van der Waals surface area contributed by atoms with Crippen molar-refractivity contribution in [2.24, 2.45) is 21.7 Å². The van der Waals surface area contributed by atoms with Crippen LogP contribution in [0, 0.1) is 21.7 Å². The highest BCUT2D eigenvalue weighted by Crippen LogP contribution is 2.55. The number of allylic oxidation sites excluding steroid dienone is 8. The molecule has 0 saturated carbocycles. The molecule has 0 amide bonds. The van der Waals surface area contributed by atoms with Gasteiger partial charge in [0.1, 0.15) is 0 Å². The zero-order chi connectivity index (χ0) is 21.7. The van der Waals surface area contributed by atoms with Crippen molar-refractivity contribution >= 4 is 21.6 Å². The molecule has 28 heavy (non-hydrogen) atoms. The van der Waals surface area contributed by atoms with E-state index >= 15 is 0 Å². The van der Waals surface area contributed by atoms with Gasteiger partial charge in [0.15, 0.2) is 0 Å². The van der Waals surface area contributed by atoms with Crippen LogP contribution in [0.15, 0.2) is 44.3 Å². The lowest BCUT2D eigenvalue weighted by molar-refractivity contribution is 0.493. The summed E-state index contributed by atoms with van der Waals surface area (Å²) in [6.45, 7) is 28.2. The Labute approximate surface area is 183 Å². The summed E-state index contributed by atoms with van der Waals surface area (Å²) in [6.07, 6.45) is 7.22. The van der Waals surface area contributed by atoms with Gasteiger partial charge in [-0.2, -0.15) is 0 Å². The van der Waals surface area contributed by atoms with Crippen LogP contribution in [-0.2, 0) is 0 Å². The number of hydrogen-bond donors (Lipinski definition) is 0. The molecule has 0 radical (unpaired) electrons. The van der Waals surface area contributed by atoms with Crippen molar-refractivity contribution in [3.05, 3.63) is 44.3 Å². The zero-order valence-electron chi connectivity index (χ0n) is 20.4. The van der Waals surface area contributed by atoms with Gasteiger partial charge < -0.3 is 0 Å². The van der Waals surface area contributed by atoms with Crippen LogP contribution < -0.4 is 0 Å². The van der Waals surface area contributed by atoms with E-state index in [1.807, 2.05) is 21.6 Å². The monoisotopic (exact) mass is 418 g/mol. The summed E-state index contributed by atoms with van der Waals surface area (Å²) < 4.78 is 0. The van der Waals surface area contributed by atoms with E-state index in [9.17, 15) is 0 Å². The van der Waals surface area contributed by atoms with E-state index in [4.69, 9.17) is 0 Å². The SMILES string of the molecule is CC(C)(C)C1=CC(C(C)(C)C)=C(SSC2=C(C(C)(C)C)C=C(C(C)(C)C)C2)C1. The lowest BCUT2D eigenvalue weighted by Gasteiger charge is -2.23. The van der Waals surface area contributed by atoms with Crippen LogP contribution in [-0.4, -0.2) is 0 Å². The first-order valence-corrected chi connectivity index (χ1v) is 12.8. The molecule has 0 aromatic carbocycles. The Morgan fingerprint density at radius 3 is 1.00 bits per heavy atom. The normalized spacial score (nSPS) is 19.6. The minimum absolute atomic E-state index is 0.196. The molecule has 158 valence electrons. The van der Waals surface area contributed by atoms with Gasteiger partial charge in [-0.3, -0.25) is 0 Å². The fourth-order valence-corrected chi connectivity index (χ4v) is 6.67. The minimum atomic E-state index is 0.196. The molecule has 0 nitrogen and oxygen atoms in total. The lowest BCUT2D eigenvalue weighted by Crippen LogP contribution is -2.09. The highest BCUT2D eigenvalue weighted by molar-refractivity contribution is 8.79. The van der Waals surface area contributed by atoms with E-state index in [-0.39, 0.29) is 21.7 Å². The summed E-state index contributed by atoms with van der Waals surface area (Å²) in [5.41, 5.74) is 7.10. The highest BCUT2D eigenvalue weighted by Gasteiger charge is 2.33. The standard InChI is InChI=1S/C26H42S2/c1-23(2,3)17-13-19(25(7,8)9)21(15-17)27-28-22-16-18(24(4,5)6)14-20(22)26(10,11)12/h13-14H,15-16H2,1-12H3. The van der Waals surface area contributed by atoms with Crippen molar-refractivity contribution in [3.63, 3.8) is 0 Å². The molecule has 2 rings (SSSR count). The molecule has 0 spiro atoms. The van der Waals surface area contributed by atoms with Gasteiger partial charge in [-0.15, -0.1) is 0 Å². The maximum atomic E-state index is 2.50. The van der Waals surface area contributed by atoms with Gasteiger partial charge in [0.25, 0.3) is 0 Å². The third-order valence-electron chi connectivity index (χ3n) is 5.73. The number of hydrogen-bond acceptors (Lipinski definition) is 2. The first-order valence-electron chi connectivity index (χ1n) is 10.6. The van der Waals surface area contributed by atoms with Crippen molar-refractivity contribution in [3.8, 4) is 0 Å². The van der Waals surface area contributed by atoms with Crippen LogP contribution in [0.25, 0.3) is 0 Å². The van der Waals surface area contributed by atoms with Crippen molar-refractivity contribution in [2.75, 3.05) is 0 Å². The molecule has 0 atom stereocenters. The van der Waals surface area contributed by atoms with Crippen LogP contribution >= 0.6 is 21.6 Å². The Balaban J connectivity index is 2.27. The molecule has 2 aliphatic rings. The van der Waals surface area contributed by atoms with Crippen molar-refractivity contribution in [1.29, 1.82) is 0 Å². The second-order valence-corrected chi connectivity index (χ2v) is 14.9. The van der Waals surface area contributed by atoms with Crippen LogP contribution in [0.1, 0.15) is 95.9 Å². The Morgan fingerprint density at radius 2 is 0.786 bits per heavy atom. The Hall–Kier alpha value is -0.340. The van der Waals surface area contributed by atoms with E-state index in [1.165, 1.54) is 11.1 Å². The maximum Gasteiger partial charge on any atom is 0.00395 e. The third-order valence-corrected chi connectivity index (χ3v) is 8.40. The van der Waals surface area contributed by atoms with Gasteiger partial charge in [0.2, 0.25) is 0 Å². The fraction of sp³-hybridized carbons (Fsp3) is 0.692. The van der Waals surface area contributed by atoms with E-state index in [2.05, 4.69) is 95.2 Å². The van der Waals surface area contributed by atoms with E-state index in [1.54, 1.807) is 21.0 Å². The summed E-state index contributed by atoms with van der Waals surface area (Å²) in [7, 11) is 4.04. The summed E-state index contributed by atoms with van der Waals surface area (Å²) in [5.74, 6) is 0. The van der Waals surface area contributed by atoms with Crippen LogP contribution in [0.2, 0.25) is 0 Å². The molecule has 0 heterocycles. The smallest absolute Gasteiger partial charge is 0.00395 e. The largest absolute Gasteiger partial charge is 0.0596 e. The van der Waals surface area contributed by atoms with E-state index in [0.717, 1.165) is 12.8 Å². The first kappa shape index (κ1) is 23.9. The lowest BCUT2D eigenvalue weighted by atomic mass is 9.84. The fourth-order valence-electron chi connectivity index (χ4n) is 3.63. The van der Waals surface area contributed by atoms with Crippen LogP contribution in [0.5, 0.6) is 0 Å². The third kappa shape index (κ3) is 5.63. The van der Waals surface area contributed by atoms with E-state index in [0.29, 0.717) is 0 Å². The summed E-state index contributed by atoms with van der Waals surface area (Å²) >= 11 is 0. The molecule has 0 fully saturated rings. The average Bonchev–Trinajstić information content (AvgIpc) is 3.07. The zero-order valence-corrected chi connectivity index (χ0v) is 22.0. The van der Waals surface area contributed by atoms with Gasteiger partial charge in [0, 0.05) is 22.7 Å². The van der Waals surface area contributed by atoms with Gasteiger partial charge in [-0.05, 0) is 32.8 Å². The van der Waals surface area contributed by atoms with Crippen molar-refractivity contribution in [1.82, 2.24) is 0 Å². The first-order chi connectivity index (χ1) is 12.4. The van der Waals surface area contributed by atoms with Crippen molar-refractivity contribution < 1.29 is 0 Å². The highest BCUT2D eigenvalue weighted by atomic mass is 33.1. The molecular formula is C26H42S2. The Morgan fingerprint density at radius 1 is 0.500 bits per heavy atom. The molecule has 0 aliphatic heterocycles. The maximum absolute atomic E-state index is 2.50. The summed E-state index contributed by atoms with van der Waals surface area (Å²) in [6, 6.07) is 0. The molecule has 0 saturated heterocycles. The molecule has 0 aromatic heterocycles. The van der Waals surface area contributed by atoms with Crippen molar-refractivity contribution in [2.45, 2.75) is 95.9 Å². The molecule has 0 bridgehead atoms. The summed E-state index contributed by atoms with van der Waals surface area (Å²) in [5, 5.41) is 0. The average molecular weight is 419 g/mol. The minimum Gasteiger partial charge on any atom is -0.0596 e. The van der Waals surface area contributed by atoms with Crippen LogP contribution in [0.3, 0.4) is 0 Å². The molecular weight excluding hydrogens is 376 g/mol. The quantitative estimate of drug-likeness (QED) is 0.418. The molecule has 2 aliphatic carbocycles. The molecule has 0 unspecified atom stereocenters. The van der Waals surface area contributed by atoms with E-state index < -0.39 is 0 Å². The predicted octanol–water partition coefficient (Wildman–Crippen LogP) is 9.72.